The van der Waals surface area contributed by atoms with Gasteiger partial charge in [-0.15, -0.1) is 0 Å². The van der Waals surface area contributed by atoms with E-state index in [9.17, 15) is 9.59 Å². The first kappa shape index (κ1) is 17.6. The number of rotatable bonds is 1. The summed E-state index contributed by atoms with van der Waals surface area (Å²) in [6.07, 6.45) is 8.12. The number of imide groups is 1. The SMILES string of the molecule is C[C@H]1CN2c3ccc(-c4cnccn4)cc3CC34C(=O)NC(=O)NC3=CC[C@@H](O1)[C@H]24. The van der Waals surface area contributed by atoms with Crippen LogP contribution >= 0.6 is 0 Å². The summed E-state index contributed by atoms with van der Waals surface area (Å²) in [5.74, 6) is -0.258. The molecule has 1 aromatic heterocycles. The molecule has 3 amide bonds. The minimum Gasteiger partial charge on any atom is -0.371 e. The quantitative estimate of drug-likeness (QED) is 0.754. The predicted octanol–water partition coefficient (Wildman–Crippen LogP) is 1.78. The average Bonchev–Trinajstić information content (AvgIpc) is 2.74. The van der Waals surface area contributed by atoms with Crippen LogP contribution in [0.15, 0.2) is 48.6 Å². The highest BCUT2D eigenvalue weighted by Gasteiger charge is 2.62. The Kier molecular flexibility index (Phi) is 3.59. The van der Waals surface area contributed by atoms with Crippen molar-refractivity contribution in [2.24, 2.45) is 5.41 Å². The molecule has 4 heterocycles. The van der Waals surface area contributed by atoms with Crippen LogP contribution in [0.3, 0.4) is 0 Å². The first-order chi connectivity index (χ1) is 14.6. The van der Waals surface area contributed by atoms with Crippen molar-refractivity contribution in [3.05, 3.63) is 54.1 Å². The Morgan fingerprint density at radius 1 is 1.23 bits per heavy atom. The van der Waals surface area contributed by atoms with Crippen LogP contribution in [-0.2, 0) is 16.0 Å². The van der Waals surface area contributed by atoms with E-state index in [4.69, 9.17) is 4.74 Å². The summed E-state index contributed by atoms with van der Waals surface area (Å²) >= 11 is 0. The Hall–Kier alpha value is -3.26. The Balaban J connectivity index is 1.54. The fraction of sp³-hybridized carbons (Fsp3) is 0.364. The number of carbonyl (C=O) groups is 2. The lowest BCUT2D eigenvalue weighted by Crippen LogP contribution is -2.73. The molecule has 3 aliphatic heterocycles. The minimum atomic E-state index is -0.884. The Bertz CT molecular complexity index is 1100. The molecular weight excluding hydrogens is 382 g/mol. The van der Waals surface area contributed by atoms with Gasteiger partial charge >= 0.3 is 6.03 Å². The molecule has 6 rings (SSSR count). The summed E-state index contributed by atoms with van der Waals surface area (Å²) < 4.78 is 6.26. The molecule has 4 atom stereocenters. The number of aromatic nitrogens is 2. The van der Waals surface area contributed by atoms with E-state index < -0.39 is 11.4 Å². The Labute approximate surface area is 173 Å². The molecule has 2 fully saturated rings. The van der Waals surface area contributed by atoms with Gasteiger partial charge in [0.1, 0.15) is 5.41 Å². The number of benzene rings is 1. The van der Waals surface area contributed by atoms with E-state index in [1.165, 1.54) is 0 Å². The van der Waals surface area contributed by atoms with Gasteiger partial charge in [0.2, 0.25) is 5.91 Å². The molecule has 152 valence electrons. The third-order valence-electron chi connectivity index (χ3n) is 6.69. The minimum absolute atomic E-state index is 0.0464. The van der Waals surface area contributed by atoms with E-state index in [1.807, 2.05) is 6.08 Å². The summed E-state index contributed by atoms with van der Waals surface area (Å²) in [6, 6.07) is 5.63. The molecule has 8 heteroatoms. The van der Waals surface area contributed by atoms with Crippen molar-refractivity contribution in [1.82, 2.24) is 20.6 Å². The molecule has 2 N–H and O–H groups in total. The number of morpholine rings is 1. The molecule has 1 spiro atoms. The lowest BCUT2D eigenvalue weighted by Gasteiger charge is -2.59. The summed E-state index contributed by atoms with van der Waals surface area (Å²) in [5, 5.41) is 5.41. The molecule has 2 aromatic rings. The van der Waals surface area contributed by atoms with Gasteiger partial charge in [-0.05, 0) is 37.5 Å². The fourth-order valence-electron chi connectivity index (χ4n) is 5.58. The Morgan fingerprint density at radius 2 is 2.13 bits per heavy atom. The lowest BCUT2D eigenvalue weighted by molar-refractivity contribution is -0.138. The zero-order valence-corrected chi connectivity index (χ0v) is 16.5. The van der Waals surface area contributed by atoms with Crippen molar-refractivity contribution < 1.29 is 14.3 Å². The number of ether oxygens (including phenoxy) is 1. The third kappa shape index (κ3) is 2.31. The zero-order chi connectivity index (χ0) is 20.5. The van der Waals surface area contributed by atoms with E-state index >= 15 is 0 Å². The van der Waals surface area contributed by atoms with E-state index in [1.54, 1.807) is 18.6 Å². The highest BCUT2D eigenvalue weighted by molar-refractivity contribution is 6.04. The number of anilines is 1. The highest BCUT2D eigenvalue weighted by Crippen LogP contribution is 2.52. The topological polar surface area (TPSA) is 96.5 Å². The molecular formula is C22H21N5O3. The van der Waals surface area contributed by atoms with Gasteiger partial charge in [-0.1, -0.05) is 12.1 Å². The molecule has 1 aliphatic carbocycles. The maximum atomic E-state index is 13.4. The number of amides is 3. The van der Waals surface area contributed by atoms with Crippen LogP contribution in [-0.4, -0.2) is 46.7 Å². The molecule has 30 heavy (non-hydrogen) atoms. The average molecular weight is 403 g/mol. The zero-order valence-electron chi connectivity index (χ0n) is 16.5. The number of hydrogen-bond acceptors (Lipinski definition) is 6. The maximum absolute atomic E-state index is 13.4. The molecule has 2 saturated heterocycles. The summed E-state index contributed by atoms with van der Waals surface area (Å²) in [6.45, 7) is 2.75. The van der Waals surface area contributed by atoms with Crippen molar-refractivity contribution in [2.75, 3.05) is 11.4 Å². The Morgan fingerprint density at radius 3 is 2.97 bits per heavy atom. The van der Waals surface area contributed by atoms with Crippen LogP contribution in [0.25, 0.3) is 11.3 Å². The second-order valence-corrected chi connectivity index (χ2v) is 8.43. The first-order valence-electron chi connectivity index (χ1n) is 10.2. The van der Waals surface area contributed by atoms with Gasteiger partial charge in [-0.2, -0.15) is 0 Å². The van der Waals surface area contributed by atoms with Crippen molar-refractivity contribution >= 4 is 17.6 Å². The number of carbonyl (C=O) groups excluding carboxylic acids is 2. The fourth-order valence-corrected chi connectivity index (χ4v) is 5.58. The van der Waals surface area contributed by atoms with Crippen LogP contribution < -0.4 is 15.5 Å². The van der Waals surface area contributed by atoms with E-state index in [2.05, 4.69) is 50.6 Å². The summed E-state index contributed by atoms with van der Waals surface area (Å²) in [4.78, 5) is 36.3. The van der Waals surface area contributed by atoms with Crippen LogP contribution in [0.1, 0.15) is 18.9 Å². The molecule has 1 aromatic carbocycles. The van der Waals surface area contributed by atoms with Gasteiger partial charge in [0, 0.05) is 35.9 Å². The highest BCUT2D eigenvalue weighted by atomic mass is 16.5. The molecule has 0 bridgehead atoms. The summed E-state index contributed by atoms with van der Waals surface area (Å²) in [5.41, 5.74) is 3.72. The van der Waals surface area contributed by atoms with Gasteiger partial charge in [0.05, 0.1) is 30.1 Å². The standard InChI is InChI=1S/C22H21N5O3/c1-12-11-27-16-3-2-13(15-10-23-6-7-24-15)8-14(16)9-22-18(25-21(29)26-20(22)28)5-4-17(30-12)19(22)27/h2-3,5-8,10,12,17,19H,4,9,11H2,1H3,(H2,25,26,28,29)/t12-,17+,19-,22?/m0/s1. The van der Waals surface area contributed by atoms with E-state index in [0.717, 1.165) is 22.5 Å². The van der Waals surface area contributed by atoms with Gasteiger partial charge in [0.15, 0.2) is 0 Å². The van der Waals surface area contributed by atoms with Crippen molar-refractivity contribution in [3.63, 3.8) is 0 Å². The van der Waals surface area contributed by atoms with Gasteiger partial charge in [-0.3, -0.25) is 20.1 Å². The monoisotopic (exact) mass is 403 g/mol. The molecule has 8 nitrogen and oxygen atoms in total. The predicted molar refractivity (Wildman–Crippen MR) is 108 cm³/mol. The molecule has 4 aliphatic rings. The number of fused-ring (bicyclic) bond motifs is 2. The summed E-state index contributed by atoms with van der Waals surface area (Å²) in [7, 11) is 0. The molecule has 0 saturated carbocycles. The largest absolute Gasteiger partial charge is 0.371 e. The van der Waals surface area contributed by atoms with Gasteiger partial charge < -0.3 is 15.0 Å². The number of hydrogen-bond donors (Lipinski definition) is 2. The van der Waals surface area contributed by atoms with Gasteiger partial charge in [-0.25, -0.2) is 4.79 Å². The third-order valence-corrected chi connectivity index (χ3v) is 6.69. The van der Waals surface area contributed by atoms with Crippen LogP contribution in [0.4, 0.5) is 10.5 Å². The van der Waals surface area contributed by atoms with Crippen molar-refractivity contribution in [2.45, 2.75) is 38.0 Å². The number of urea groups is 1. The first-order valence-corrected chi connectivity index (χ1v) is 10.2. The van der Waals surface area contributed by atoms with Crippen molar-refractivity contribution in [3.8, 4) is 11.3 Å². The normalized spacial score (nSPS) is 31.6. The van der Waals surface area contributed by atoms with Crippen LogP contribution in [0.5, 0.6) is 0 Å². The molecule has 0 radical (unpaired) electrons. The molecule has 1 unspecified atom stereocenters. The number of nitrogens with one attached hydrogen (secondary N) is 2. The van der Waals surface area contributed by atoms with E-state index in [0.29, 0.717) is 25.1 Å². The smallest absolute Gasteiger partial charge is 0.325 e. The van der Waals surface area contributed by atoms with Crippen LogP contribution in [0.2, 0.25) is 0 Å². The maximum Gasteiger partial charge on any atom is 0.325 e. The van der Waals surface area contributed by atoms with Gasteiger partial charge in [0.25, 0.3) is 0 Å². The number of nitrogens with zero attached hydrogens (tertiary/aromatic N) is 3. The van der Waals surface area contributed by atoms with E-state index in [-0.39, 0.29) is 24.2 Å². The van der Waals surface area contributed by atoms with Crippen LogP contribution in [0, 0.1) is 5.41 Å². The van der Waals surface area contributed by atoms with Crippen molar-refractivity contribution in [1.29, 1.82) is 0 Å². The second-order valence-electron chi connectivity index (χ2n) is 8.43. The lowest BCUT2D eigenvalue weighted by atomic mass is 9.62. The second kappa shape index (κ2) is 6.12.